The molecule has 1 heterocycles. The molecule has 1 N–H and O–H groups in total. The number of sulfonamides is 1. The van der Waals surface area contributed by atoms with Gasteiger partial charge in [-0.3, -0.25) is 4.31 Å². The number of allylic oxidation sites excluding steroid dienone is 1. The van der Waals surface area contributed by atoms with Crippen molar-refractivity contribution in [1.29, 1.82) is 10.5 Å². The highest BCUT2D eigenvalue weighted by molar-refractivity contribution is 7.92. The van der Waals surface area contributed by atoms with Crippen LogP contribution in [0.4, 0.5) is 11.4 Å². The molecular weight excluding hydrogens is 276 g/mol. The molecule has 0 spiro atoms. The van der Waals surface area contributed by atoms with Crippen LogP contribution in [-0.4, -0.2) is 21.2 Å². The summed E-state index contributed by atoms with van der Waals surface area (Å²) in [7, 11) is -3.25. The smallest absolute Gasteiger partial charge is 0.232 e. The van der Waals surface area contributed by atoms with E-state index in [0.29, 0.717) is 24.3 Å². The largest absolute Gasteiger partial charge is 0.360 e. The fourth-order valence-corrected chi connectivity index (χ4v) is 3.01. The van der Waals surface area contributed by atoms with E-state index in [9.17, 15) is 8.42 Å². The number of nitriles is 2. The molecule has 0 radical (unpaired) electrons. The lowest BCUT2D eigenvalue weighted by molar-refractivity contribution is 0.598. The zero-order chi connectivity index (χ0) is 14.8. The highest BCUT2D eigenvalue weighted by Gasteiger charge is 2.25. The Morgan fingerprint density at radius 3 is 2.70 bits per heavy atom. The van der Waals surface area contributed by atoms with Gasteiger partial charge >= 0.3 is 0 Å². The molecule has 0 saturated heterocycles. The van der Waals surface area contributed by atoms with Gasteiger partial charge in [-0.15, -0.1) is 0 Å². The van der Waals surface area contributed by atoms with Gasteiger partial charge in [-0.25, -0.2) is 8.42 Å². The first-order chi connectivity index (χ1) is 9.45. The molecule has 0 atom stereocenters. The van der Waals surface area contributed by atoms with Crippen LogP contribution < -0.4 is 9.62 Å². The molecule has 0 aromatic heterocycles. The van der Waals surface area contributed by atoms with E-state index in [1.807, 2.05) is 6.07 Å². The normalized spacial score (nSPS) is 13.1. The van der Waals surface area contributed by atoms with Gasteiger partial charge in [0.1, 0.15) is 17.7 Å². The van der Waals surface area contributed by atoms with Crippen molar-refractivity contribution in [3.63, 3.8) is 0 Å². The van der Waals surface area contributed by atoms with Crippen LogP contribution in [0.2, 0.25) is 0 Å². The van der Waals surface area contributed by atoms with Crippen LogP contribution in [0.5, 0.6) is 0 Å². The number of hydrogen-bond donors (Lipinski definition) is 1. The fourth-order valence-electron chi connectivity index (χ4n) is 2.05. The third-order valence-corrected chi connectivity index (χ3v) is 4.14. The minimum Gasteiger partial charge on any atom is -0.360 e. The Balaban J connectivity index is 2.26. The molecule has 1 aliphatic heterocycles. The molecule has 6 nitrogen and oxygen atoms in total. The first-order valence-corrected chi connectivity index (χ1v) is 7.68. The molecule has 102 valence electrons. The van der Waals surface area contributed by atoms with Crippen LogP contribution in [-0.2, 0) is 16.4 Å². The lowest BCUT2D eigenvalue weighted by atomic mass is 10.1. The predicted molar refractivity (Wildman–Crippen MR) is 75.3 cm³/mol. The van der Waals surface area contributed by atoms with Gasteiger partial charge in [0.05, 0.1) is 11.9 Å². The second-order valence-electron chi connectivity index (χ2n) is 4.35. The quantitative estimate of drug-likeness (QED) is 0.847. The Morgan fingerprint density at radius 1 is 1.40 bits per heavy atom. The molecule has 0 unspecified atom stereocenters. The molecule has 7 heteroatoms. The van der Waals surface area contributed by atoms with E-state index in [-0.39, 0.29) is 5.57 Å². The van der Waals surface area contributed by atoms with Crippen molar-refractivity contribution in [2.45, 2.75) is 6.42 Å². The highest BCUT2D eigenvalue weighted by atomic mass is 32.2. The number of fused-ring (bicyclic) bond motifs is 1. The van der Waals surface area contributed by atoms with Crippen LogP contribution in [0.1, 0.15) is 5.56 Å². The number of rotatable bonds is 3. The molecule has 1 aromatic carbocycles. The summed E-state index contributed by atoms with van der Waals surface area (Å²) in [6.07, 6.45) is 3.15. The summed E-state index contributed by atoms with van der Waals surface area (Å²) in [5.74, 6) is 0. The average molecular weight is 288 g/mol. The van der Waals surface area contributed by atoms with E-state index in [2.05, 4.69) is 5.32 Å². The SMILES string of the molecule is CS(=O)(=O)N1CCc2cc(NC=C(C#N)C#N)ccc21. The Bertz CT molecular complexity index is 738. The summed E-state index contributed by atoms with van der Waals surface area (Å²) in [5.41, 5.74) is 2.29. The van der Waals surface area contributed by atoms with Crippen LogP contribution in [0, 0.1) is 22.7 Å². The average Bonchev–Trinajstić information content (AvgIpc) is 2.82. The zero-order valence-electron chi connectivity index (χ0n) is 10.8. The van der Waals surface area contributed by atoms with Crippen molar-refractivity contribution in [3.05, 3.63) is 35.5 Å². The first-order valence-electron chi connectivity index (χ1n) is 5.83. The maximum atomic E-state index is 11.6. The first kappa shape index (κ1) is 13.9. The topological polar surface area (TPSA) is 97.0 Å². The second kappa shape index (κ2) is 5.24. The van der Waals surface area contributed by atoms with E-state index >= 15 is 0 Å². The van der Waals surface area contributed by atoms with E-state index in [1.165, 1.54) is 16.8 Å². The van der Waals surface area contributed by atoms with E-state index in [1.54, 1.807) is 24.3 Å². The van der Waals surface area contributed by atoms with Crippen LogP contribution in [0.3, 0.4) is 0 Å². The van der Waals surface area contributed by atoms with E-state index in [0.717, 1.165) is 5.56 Å². The summed E-state index contributed by atoms with van der Waals surface area (Å²) in [5, 5.41) is 20.1. The minimum atomic E-state index is -3.25. The van der Waals surface area contributed by atoms with Gasteiger partial charge in [-0.1, -0.05) is 0 Å². The zero-order valence-corrected chi connectivity index (χ0v) is 11.6. The summed E-state index contributed by atoms with van der Waals surface area (Å²) in [6.45, 7) is 0.440. The van der Waals surface area contributed by atoms with Crippen molar-refractivity contribution < 1.29 is 8.42 Å². The van der Waals surface area contributed by atoms with Crippen molar-refractivity contribution >= 4 is 21.4 Å². The summed E-state index contributed by atoms with van der Waals surface area (Å²) >= 11 is 0. The van der Waals surface area contributed by atoms with Gasteiger partial charge in [0.15, 0.2) is 0 Å². The van der Waals surface area contributed by atoms with Crippen molar-refractivity contribution in [1.82, 2.24) is 0 Å². The lowest BCUT2D eigenvalue weighted by Gasteiger charge is -2.16. The Hall–Kier alpha value is -2.51. The fraction of sp³-hybridized carbons (Fsp3) is 0.231. The number of nitrogens with zero attached hydrogens (tertiary/aromatic N) is 3. The van der Waals surface area contributed by atoms with E-state index < -0.39 is 10.0 Å². The molecule has 1 aromatic rings. The monoisotopic (exact) mass is 288 g/mol. The van der Waals surface area contributed by atoms with Crippen molar-refractivity contribution in [2.24, 2.45) is 0 Å². The number of benzene rings is 1. The molecule has 2 rings (SSSR count). The highest BCUT2D eigenvalue weighted by Crippen LogP contribution is 2.32. The number of nitrogens with one attached hydrogen (secondary N) is 1. The van der Waals surface area contributed by atoms with Crippen molar-refractivity contribution in [2.75, 3.05) is 22.4 Å². The third kappa shape index (κ3) is 2.73. The number of anilines is 2. The number of hydrogen-bond acceptors (Lipinski definition) is 5. The Kier molecular flexibility index (Phi) is 3.64. The van der Waals surface area contributed by atoms with Crippen LogP contribution >= 0.6 is 0 Å². The summed E-state index contributed by atoms with van der Waals surface area (Å²) < 4.78 is 24.6. The minimum absolute atomic E-state index is 0.0248. The van der Waals surface area contributed by atoms with Gasteiger partial charge in [0.2, 0.25) is 10.0 Å². The van der Waals surface area contributed by atoms with Gasteiger partial charge < -0.3 is 5.32 Å². The predicted octanol–water partition coefficient (Wildman–Crippen LogP) is 1.35. The summed E-state index contributed by atoms with van der Waals surface area (Å²) in [4.78, 5) is 0. The standard InChI is InChI=1S/C13H12N4O2S/c1-20(18,19)17-5-4-11-6-12(2-3-13(11)17)16-9-10(7-14)8-15/h2-3,6,9,16H,4-5H2,1H3. The maximum absolute atomic E-state index is 11.6. The summed E-state index contributed by atoms with van der Waals surface area (Å²) in [6, 6.07) is 8.76. The van der Waals surface area contributed by atoms with Gasteiger partial charge in [0.25, 0.3) is 0 Å². The second-order valence-corrected chi connectivity index (χ2v) is 6.26. The van der Waals surface area contributed by atoms with Gasteiger partial charge in [0, 0.05) is 18.4 Å². The molecule has 0 bridgehead atoms. The lowest BCUT2D eigenvalue weighted by Crippen LogP contribution is -2.27. The van der Waals surface area contributed by atoms with Gasteiger partial charge in [-0.2, -0.15) is 10.5 Å². The molecule has 20 heavy (non-hydrogen) atoms. The molecule has 0 aliphatic carbocycles. The Morgan fingerprint density at radius 2 is 2.10 bits per heavy atom. The molecule has 1 aliphatic rings. The molecular formula is C13H12N4O2S. The molecule has 0 fully saturated rings. The Labute approximate surface area is 117 Å². The maximum Gasteiger partial charge on any atom is 0.232 e. The van der Waals surface area contributed by atoms with E-state index in [4.69, 9.17) is 10.5 Å². The van der Waals surface area contributed by atoms with Crippen molar-refractivity contribution in [3.8, 4) is 12.1 Å². The molecule has 0 amide bonds. The third-order valence-electron chi connectivity index (χ3n) is 2.96. The van der Waals surface area contributed by atoms with Crippen LogP contribution in [0.15, 0.2) is 30.0 Å². The van der Waals surface area contributed by atoms with Crippen LogP contribution in [0.25, 0.3) is 0 Å². The molecule has 0 saturated carbocycles. The van der Waals surface area contributed by atoms with Gasteiger partial charge in [-0.05, 0) is 30.2 Å².